The van der Waals surface area contributed by atoms with E-state index in [1.165, 1.54) is 17.2 Å². The molecule has 0 unspecified atom stereocenters. The first-order valence-electron chi connectivity index (χ1n) is 12.7. The molecule has 5 rings (SSSR count). The summed E-state index contributed by atoms with van der Waals surface area (Å²) in [6, 6.07) is 9.74. The molecule has 9 heteroatoms. The van der Waals surface area contributed by atoms with E-state index in [1.54, 1.807) is 13.0 Å². The third-order valence-corrected chi connectivity index (χ3v) is 7.13. The number of fused-ring (bicyclic) bond motifs is 1. The summed E-state index contributed by atoms with van der Waals surface area (Å²) in [7, 11) is 0. The van der Waals surface area contributed by atoms with Crippen molar-refractivity contribution in [1.82, 2.24) is 24.8 Å². The Hall–Kier alpha value is -3.85. The van der Waals surface area contributed by atoms with Gasteiger partial charge < -0.3 is 15.3 Å². The highest BCUT2D eigenvalue weighted by molar-refractivity contribution is 5.97. The molecule has 1 saturated heterocycles. The number of aryl methyl sites for hydroxylation is 3. The molecule has 2 aliphatic rings. The minimum absolute atomic E-state index is 0.0974. The second-order valence-electron chi connectivity index (χ2n) is 10.1. The molecule has 4 heterocycles. The number of pyridine rings is 1. The molecule has 0 radical (unpaired) electrons. The molecule has 0 bridgehead atoms. The zero-order valence-corrected chi connectivity index (χ0v) is 21.5. The number of rotatable bonds is 5. The van der Waals surface area contributed by atoms with Gasteiger partial charge in [0.05, 0.1) is 5.69 Å². The minimum Gasteiger partial charge on any atom is -0.477 e. The predicted molar refractivity (Wildman–Crippen MR) is 140 cm³/mol. The van der Waals surface area contributed by atoms with Crippen LogP contribution in [0.4, 0.5) is 11.6 Å². The molecule has 0 aliphatic carbocycles. The Balaban J connectivity index is 1.19. The van der Waals surface area contributed by atoms with Gasteiger partial charge in [0, 0.05) is 67.3 Å². The fourth-order valence-corrected chi connectivity index (χ4v) is 5.40. The van der Waals surface area contributed by atoms with Gasteiger partial charge in [0.15, 0.2) is 0 Å². The second-order valence-corrected chi connectivity index (χ2v) is 10.1. The van der Waals surface area contributed by atoms with Crippen molar-refractivity contribution in [2.45, 2.75) is 52.6 Å². The van der Waals surface area contributed by atoms with Gasteiger partial charge in [-0.1, -0.05) is 6.07 Å². The van der Waals surface area contributed by atoms with Gasteiger partial charge in [-0.15, -0.1) is 0 Å². The molecular formula is C28H32N6O3. The van der Waals surface area contributed by atoms with Crippen LogP contribution < -0.4 is 5.32 Å². The number of hydrogen-bond acceptors (Lipinski definition) is 7. The largest absolute Gasteiger partial charge is 0.477 e. The number of carboxylic acids is 1. The molecule has 1 fully saturated rings. The van der Waals surface area contributed by atoms with Gasteiger partial charge >= 0.3 is 5.97 Å². The van der Waals surface area contributed by atoms with Crippen molar-refractivity contribution in [1.29, 1.82) is 0 Å². The van der Waals surface area contributed by atoms with Gasteiger partial charge in [-0.05, 0) is 69.0 Å². The van der Waals surface area contributed by atoms with E-state index in [9.17, 15) is 14.7 Å². The third-order valence-electron chi connectivity index (χ3n) is 7.13. The van der Waals surface area contributed by atoms with Crippen molar-refractivity contribution in [2.75, 3.05) is 25.0 Å². The summed E-state index contributed by atoms with van der Waals surface area (Å²) in [6.07, 6.45) is 4.56. The van der Waals surface area contributed by atoms with Crippen LogP contribution in [0.25, 0.3) is 0 Å². The number of carboxylic acid groups (broad SMARTS) is 1. The zero-order chi connectivity index (χ0) is 26.1. The first-order chi connectivity index (χ1) is 17.7. The molecule has 37 heavy (non-hydrogen) atoms. The zero-order valence-electron chi connectivity index (χ0n) is 21.5. The van der Waals surface area contributed by atoms with Gasteiger partial charge in [0.25, 0.3) is 5.91 Å². The molecule has 1 amide bonds. The molecule has 1 aromatic carbocycles. The molecular weight excluding hydrogens is 468 g/mol. The number of anilines is 2. The molecule has 2 N–H and O–H groups in total. The number of nitrogens with zero attached hydrogens (tertiary/aromatic N) is 5. The fraction of sp³-hybridized carbons (Fsp3) is 0.393. The Kier molecular flexibility index (Phi) is 6.88. The van der Waals surface area contributed by atoms with Crippen LogP contribution in [0.1, 0.15) is 61.8 Å². The number of carbonyl (C=O) groups excluding carboxylic acids is 1. The molecule has 9 nitrogen and oxygen atoms in total. The van der Waals surface area contributed by atoms with E-state index in [0.29, 0.717) is 36.3 Å². The van der Waals surface area contributed by atoms with Crippen molar-refractivity contribution in [2.24, 2.45) is 0 Å². The van der Waals surface area contributed by atoms with Gasteiger partial charge in [-0.2, -0.15) is 0 Å². The van der Waals surface area contributed by atoms with Crippen molar-refractivity contribution in [3.8, 4) is 0 Å². The average molecular weight is 501 g/mol. The predicted octanol–water partition coefficient (Wildman–Crippen LogP) is 3.90. The molecule has 0 atom stereocenters. The Morgan fingerprint density at radius 1 is 0.973 bits per heavy atom. The number of nitrogens with one attached hydrogen (secondary N) is 1. The lowest BCUT2D eigenvalue weighted by molar-refractivity contribution is 0.0598. The Bertz CT molecular complexity index is 1330. The van der Waals surface area contributed by atoms with Crippen LogP contribution in [0.15, 0.2) is 36.5 Å². The summed E-state index contributed by atoms with van der Waals surface area (Å²) in [5.74, 6) is -0.631. The fourth-order valence-electron chi connectivity index (χ4n) is 5.40. The van der Waals surface area contributed by atoms with Crippen LogP contribution in [0.3, 0.4) is 0 Å². The van der Waals surface area contributed by atoms with E-state index in [0.717, 1.165) is 49.3 Å². The Morgan fingerprint density at radius 2 is 1.70 bits per heavy atom. The smallest absolute Gasteiger partial charge is 0.354 e. The van der Waals surface area contributed by atoms with Gasteiger partial charge in [0.2, 0.25) is 5.95 Å². The van der Waals surface area contributed by atoms with E-state index < -0.39 is 5.97 Å². The lowest BCUT2D eigenvalue weighted by Gasteiger charge is -2.40. The van der Waals surface area contributed by atoms with Crippen LogP contribution in [0.2, 0.25) is 0 Å². The van der Waals surface area contributed by atoms with Crippen LogP contribution in [0, 0.1) is 20.8 Å². The first-order valence-corrected chi connectivity index (χ1v) is 12.7. The summed E-state index contributed by atoms with van der Waals surface area (Å²) >= 11 is 0. The summed E-state index contributed by atoms with van der Waals surface area (Å²) in [5.41, 5.74) is 6.46. The van der Waals surface area contributed by atoms with Crippen molar-refractivity contribution < 1.29 is 14.7 Å². The van der Waals surface area contributed by atoms with Crippen LogP contribution in [-0.4, -0.2) is 67.4 Å². The number of benzene rings is 1. The van der Waals surface area contributed by atoms with E-state index in [4.69, 9.17) is 4.98 Å². The third kappa shape index (κ3) is 5.61. The molecule has 2 aromatic heterocycles. The standard InChI is InChI=1S/C28H32N6O3/c1-17-10-18(2)12-22(11-17)31-28-29-15-21-16-34(9-6-24(21)32-28)23-4-7-33(8-5-23)26(35)20-13-19(3)30-25(14-20)27(36)37/h10-15,23H,4-9,16H2,1-3H3,(H,36,37)(H,29,31,32). The lowest BCUT2D eigenvalue weighted by Crippen LogP contribution is -2.48. The molecule has 0 spiro atoms. The van der Waals surface area contributed by atoms with Crippen molar-refractivity contribution in [3.05, 3.63) is 75.9 Å². The number of aromatic nitrogens is 3. The Morgan fingerprint density at radius 3 is 2.41 bits per heavy atom. The summed E-state index contributed by atoms with van der Waals surface area (Å²) in [6.45, 7) is 8.89. The van der Waals surface area contributed by atoms with E-state index in [-0.39, 0.29) is 11.6 Å². The summed E-state index contributed by atoms with van der Waals surface area (Å²) in [5, 5.41) is 12.6. The first kappa shape index (κ1) is 24.8. The number of piperidine rings is 1. The van der Waals surface area contributed by atoms with Gasteiger partial charge in [0.1, 0.15) is 5.69 Å². The highest BCUT2D eigenvalue weighted by atomic mass is 16.4. The average Bonchev–Trinajstić information content (AvgIpc) is 2.87. The highest BCUT2D eigenvalue weighted by Crippen LogP contribution is 2.26. The van der Waals surface area contributed by atoms with Crippen LogP contribution >= 0.6 is 0 Å². The number of aromatic carboxylic acids is 1. The molecule has 192 valence electrons. The van der Waals surface area contributed by atoms with E-state index in [1.807, 2.05) is 11.1 Å². The highest BCUT2D eigenvalue weighted by Gasteiger charge is 2.30. The van der Waals surface area contributed by atoms with Gasteiger partial charge in [-0.25, -0.2) is 19.7 Å². The normalized spacial score (nSPS) is 16.4. The van der Waals surface area contributed by atoms with Crippen LogP contribution in [0.5, 0.6) is 0 Å². The monoisotopic (exact) mass is 500 g/mol. The number of amides is 1. The van der Waals surface area contributed by atoms with Crippen LogP contribution in [-0.2, 0) is 13.0 Å². The van der Waals surface area contributed by atoms with Gasteiger partial charge in [-0.3, -0.25) is 9.69 Å². The maximum Gasteiger partial charge on any atom is 0.354 e. The number of carbonyl (C=O) groups is 2. The second kappa shape index (κ2) is 10.3. The summed E-state index contributed by atoms with van der Waals surface area (Å²) < 4.78 is 0. The SMILES string of the molecule is Cc1cc(C)cc(Nc2ncc3c(n2)CCN(C2CCN(C(=O)c4cc(C)nc(C(=O)O)c4)CC2)C3)c1. The van der Waals surface area contributed by atoms with Crippen molar-refractivity contribution in [3.63, 3.8) is 0 Å². The Labute approximate surface area is 216 Å². The molecule has 3 aromatic rings. The van der Waals surface area contributed by atoms with Crippen molar-refractivity contribution >= 4 is 23.5 Å². The topological polar surface area (TPSA) is 112 Å². The quantitative estimate of drug-likeness (QED) is 0.543. The number of hydrogen-bond donors (Lipinski definition) is 2. The lowest BCUT2D eigenvalue weighted by atomic mass is 9.98. The maximum absolute atomic E-state index is 13.0. The van der Waals surface area contributed by atoms with E-state index in [2.05, 4.69) is 52.2 Å². The maximum atomic E-state index is 13.0. The number of likely N-dealkylation sites (tertiary alicyclic amines) is 1. The van der Waals surface area contributed by atoms with E-state index >= 15 is 0 Å². The summed E-state index contributed by atoms with van der Waals surface area (Å²) in [4.78, 5) is 42.0. The molecule has 0 saturated carbocycles. The minimum atomic E-state index is -1.13. The molecule has 2 aliphatic heterocycles.